The van der Waals surface area contributed by atoms with E-state index in [1.54, 1.807) is 25.3 Å². The summed E-state index contributed by atoms with van der Waals surface area (Å²) >= 11 is 6.08. The Bertz CT molecular complexity index is 710. The van der Waals surface area contributed by atoms with E-state index in [-0.39, 0.29) is 5.91 Å². The maximum atomic E-state index is 12.3. The molecule has 1 saturated heterocycles. The van der Waals surface area contributed by atoms with Crippen molar-refractivity contribution >= 4 is 23.2 Å². The Morgan fingerprint density at radius 3 is 2.50 bits per heavy atom. The summed E-state index contributed by atoms with van der Waals surface area (Å²) in [6.07, 6.45) is 2.57. The maximum Gasteiger partial charge on any atom is 0.255 e. The molecule has 2 aromatic rings. The third-order valence-electron chi connectivity index (χ3n) is 4.23. The van der Waals surface area contributed by atoms with Crippen LogP contribution in [0.2, 0.25) is 5.02 Å². The maximum absolute atomic E-state index is 12.3. The zero-order chi connectivity index (χ0) is 16.9. The molecule has 5 heteroatoms. The van der Waals surface area contributed by atoms with Crippen LogP contribution in [0.15, 0.2) is 42.5 Å². The summed E-state index contributed by atoms with van der Waals surface area (Å²) in [5, 5.41) is 3.32. The van der Waals surface area contributed by atoms with Crippen LogP contribution in [0.5, 0.6) is 5.75 Å². The van der Waals surface area contributed by atoms with E-state index in [1.165, 1.54) is 31.5 Å². The van der Waals surface area contributed by atoms with Gasteiger partial charge in [-0.3, -0.25) is 9.69 Å². The van der Waals surface area contributed by atoms with Crippen LogP contribution in [-0.4, -0.2) is 31.0 Å². The average Bonchev–Trinajstić information content (AvgIpc) is 3.08. The van der Waals surface area contributed by atoms with E-state index in [0.29, 0.717) is 22.0 Å². The first-order valence-corrected chi connectivity index (χ1v) is 8.50. The molecule has 3 rings (SSSR count). The second-order valence-electron chi connectivity index (χ2n) is 5.98. The fourth-order valence-corrected chi connectivity index (χ4v) is 3.17. The van der Waals surface area contributed by atoms with Gasteiger partial charge in [0.2, 0.25) is 0 Å². The first kappa shape index (κ1) is 16.8. The van der Waals surface area contributed by atoms with Gasteiger partial charge < -0.3 is 10.1 Å². The number of ether oxygens (including phenoxy) is 1. The van der Waals surface area contributed by atoms with Crippen molar-refractivity contribution in [2.45, 2.75) is 19.4 Å². The van der Waals surface area contributed by atoms with Crippen molar-refractivity contribution in [2.24, 2.45) is 0 Å². The molecule has 0 spiro atoms. The fourth-order valence-electron chi connectivity index (χ4n) is 2.91. The molecule has 1 heterocycles. The number of amides is 1. The van der Waals surface area contributed by atoms with Gasteiger partial charge in [0.15, 0.2) is 0 Å². The highest BCUT2D eigenvalue weighted by atomic mass is 35.5. The Kier molecular flexibility index (Phi) is 5.38. The van der Waals surface area contributed by atoms with Gasteiger partial charge in [0.25, 0.3) is 5.91 Å². The van der Waals surface area contributed by atoms with Crippen molar-refractivity contribution in [3.05, 3.63) is 58.6 Å². The number of carbonyl (C=O) groups is 1. The molecular weight excluding hydrogens is 324 g/mol. The van der Waals surface area contributed by atoms with Gasteiger partial charge in [-0.05, 0) is 61.8 Å². The minimum atomic E-state index is -0.149. The van der Waals surface area contributed by atoms with E-state index < -0.39 is 0 Å². The Morgan fingerprint density at radius 2 is 1.88 bits per heavy atom. The standard InChI is InChI=1S/C19H21ClN2O2/c1-24-18-9-8-16(12-17(18)20)21-19(23)15-6-4-14(5-7-15)13-22-10-2-3-11-22/h4-9,12H,2-3,10-11,13H2,1H3,(H,21,23). The van der Waals surface area contributed by atoms with E-state index in [4.69, 9.17) is 16.3 Å². The summed E-state index contributed by atoms with van der Waals surface area (Å²) in [5.41, 5.74) is 2.51. The van der Waals surface area contributed by atoms with E-state index in [0.717, 1.165) is 6.54 Å². The zero-order valence-electron chi connectivity index (χ0n) is 13.7. The summed E-state index contributed by atoms with van der Waals surface area (Å²) in [4.78, 5) is 14.8. The number of carbonyl (C=O) groups excluding carboxylic acids is 1. The van der Waals surface area contributed by atoms with Crippen LogP contribution in [0, 0.1) is 0 Å². The molecule has 1 amide bonds. The van der Waals surface area contributed by atoms with Gasteiger partial charge in [0, 0.05) is 17.8 Å². The molecule has 0 aliphatic carbocycles. The number of likely N-dealkylation sites (tertiary alicyclic amines) is 1. The number of nitrogens with zero attached hydrogens (tertiary/aromatic N) is 1. The molecule has 0 atom stereocenters. The molecular formula is C19H21ClN2O2. The number of anilines is 1. The summed E-state index contributed by atoms with van der Waals surface area (Å²) in [7, 11) is 1.56. The van der Waals surface area contributed by atoms with E-state index in [9.17, 15) is 4.79 Å². The number of methoxy groups -OCH3 is 1. The average molecular weight is 345 g/mol. The van der Waals surface area contributed by atoms with Crippen LogP contribution < -0.4 is 10.1 Å². The molecule has 1 aliphatic heterocycles. The summed E-state index contributed by atoms with van der Waals surface area (Å²) in [6, 6.07) is 13.0. The summed E-state index contributed by atoms with van der Waals surface area (Å²) in [5.74, 6) is 0.435. The molecule has 0 radical (unpaired) electrons. The van der Waals surface area contributed by atoms with Crippen LogP contribution in [0.4, 0.5) is 5.69 Å². The summed E-state index contributed by atoms with van der Waals surface area (Å²) < 4.78 is 5.11. The van der Waals surface area contributed by atoms with Gasteiger partial charge in [-0.2, -0.15) is 0 Å². The highest BCUT2D eigenvalue weighted by Gasteiger charge is 2.12. The van der Waals surface area contributed by atoms with Crippen LogP contribution in [-0.2, 0) is 6.54 Å². The van der Waals surface area contributed by atoms with Crippen molar-refractivity contribution in [2.75, 3.05) is 25.5 Å². The van der Waals surface area contributed by atoms with Crippen molar-refractivity contribution in [3.8, 4) is 5.75 Å². The number of benzene rings is 2. The Hall–Kier alpha value is -2.04. The molecule has 1 fully saturated rings. The quantitative estimate of drug-likeness (QED) is 0.884. The van der Waals surface area contributed by atoms with Gasteiger partial charge in [0.05, 0.1) is 12.1 Å². The van der Waals surface area contributed by atoms with Gasteiger partial charge >= 0.3 is 0 Å². The third-order valence-corrected chi connectivity index (χ3v) is 4.53. The molecule has 0 unspecified atom stereocenters. The summed E-state index contributed by atoms with van der Waals surface area (Å²) in [6.45, 7) is 3.29. The number of nitrogens with one attached hydrogen (secondary N) is 1. The van der Waals surface area contributed by atoms with Crippen molar-refractivity contribution < 1.29 is 9.53 Å². The van der Waals surface area contributed by atoms with Crippen molar-refractivity contribution in [1.82, 2.24) is 4.90 Å². The van der Waals surface area contributed by atoms with Gasteiger partial charge in [-0.1, -0.05) is 23.7 Å². The molecule has 0 saturated carbocycles. The van der Waals surface area contributed by atoms with Crippen molar-refractivity contribution in [3.63, 3.8) is 0 Å². The molecule has 1 aliphatic rings. The van der Waals surface area contributed by atoms with E-state index in [2.05, 4.69) is 10.2 Å². The first-order chi connectivity index (χ1) is 11.7. The minimum absolute atomic E-state index is 0.149. The molecule has 0 bridgehead atoms. The Balaban J connectivity index is 1.63. The topological polar surface area (TPSA) is 41.6 Å². The SMILES string of the molecule is COc1ccc(NC(=O)c2ccc(CN3CCCC3)cc2)cc1Cl. The zero-order valence-corrected chi connectivity index (χ0v) is 14.5. The van der Waals surface area contributed by atoms with E-state index in [1.807, 2.05) is 24.3 Å². The predicted molar refractivity (Wildman–Crippen MR) is 96.9 cm³/mol. The fraction of sp³-hybridized carbons (Fsp3) is 0.316. The smallest absolute Gasteiger partial charge is 0.255 e. The monoisotopic (exact) mass is 344 g/mol. The second-order valence-corrected chi connectivity index (χ2v) is 6.39. The number of halogens is 1. The number of hydrogen-bond acceptors (Lipinski definition) is 3. The number of rotatable bonds is 5. The Morgan fingerprint density at radius 1 is 1.17 bits per heavy atom. The molecule has 24 heavy (non-hydrogen) atoms. The predicted octanol–water partition coefficient (Wildman–Crippen LogP) is 4.20. The van der Waals surface area contributed by atoms with Crippen LogP contribution in [0.1, 0.15) is 28.8 Å². The Labute approximate surface area is 147 Å². The van der Waals surface area contributed by atoms with Gasteiger partial charge in [-0.25, -0.2) is 0 Å². The lowest BCUT2D eigenvalue weighted by Gasteiger charge is -2.14. The van der Waals surface area contributed by atoms with Crippen LogP contribution >= 0.6 is 11.6 Å². The van der Waals surface area contributed by atoms with Crippen molar-refractivity contribution in [1.29, 1.82) is 0 Å². The highest BCUT2D eigenvalue weighted by molar-refractivity contribution is 6.32. The van der Waals surface area contributed by atoms with Gasteiger partial charge in [0.1, 0.15) is 5.75 Å². The molecule has 1 N–H and O–H groups in total. The number of hydrogen-bond donors (Lipinski definition) is 1. The molecule has 4 nitrogen and oxygen atoms in total. The lowest BCUT2D eigenvalue weighted by molar-refractivity contribution is 0.102. The van der Waals surface area contributed by atoms with E-state index >= 15 is 0 Å². The first-order valence-electron chi connectivity index (χ1n) is 8.12. The third kappa shape index (κ3) is 4.08. The molecule has 0 aromatic heterocycles. The lowest BCUT2D eigenvalue weighted by Crippen LogP contribution is -2.18. The highest BCUT2D eigenvalue weighted by Crippen LogP contribution is 2.27. The molecule has 126 valence electrons. The largest absolute Gasteiger partial charge is 0.495 e. The van der Waals surface area contributed by atoms with Crippen LogP contribution in [0.25, 0.3) is 0 Å². The molecule has 2 aromatic carbocycles. The van der Waals surface area contributed by atoms with Gasteiger partial charge in [-0.15, -0.1) is 0 Å². The van der Waals surface area contributed by atoms with Crippen LogP contribution in [0.3, 0.4) is 0 Å². The minimum Gasteiger partial charge on any atom is -0.495 e. The second kappa shape index (κ2) is 7.69. The lowest BCUT2D eigenvalue weighted by atomic mass is 10.1. The normalized spacial score (nSPS) is 14.6.